The van der Waals surface area contributed by atoms with E-state index in [4.69, 9.17) is 0 Å². The van der Waals surface area contributed by atoms with E-state index in [0.29, 0.717) is 6.08 Å². The zero-order valence-corrected chi connectivity index (χ0v) is 14.8. The summed E-state index contributed by atoms with van der Waals surface area (Å²) in [5.41, 5.74) is 0.853. The Bertz CT molecular complexity index is 897. The van der Waals surface area contributed by atoms with Crippen LogP contribution in [0.4, 0.5) is 24.5 Å². The van der Waals surface area contributed by atoms with Gasteiger partial charge in [-0.3, -0.25) is 19.7 Å². The molecule has 0 radical (unpaired) electrons. The standard InChI is InChI=1S/C19H16F3N3O4/c20-19(21,22)17(26)10-11-23-16(12-13-4-2-1-3-5-13)18(27)24-14-6-8-15(9-7-14)25(28)29/h1-11,16,23H,12H2,(H,24,27)/b11-10+. The van der Waals surface area contributed by atoms with Crippen LogP contribution in [0.25, 0.3) is 0 Å². The van der Waals surface area contributed by atoms with E-state index in [1.165, 1.54) is 24.3 Å². The molecule has 2 aromatic rings. The molecule has 1 unspecified atom stereocenters. The van der Waals surface area contributed by atoms with Crippen molar-refractivity contribution < 1.29 is 27.7 Å². The molecule has 2 rings (SSSR count). The summed E-state index contributed by atoms with van der Waals surface area (Å²) in [5, 5.41) is 15.7. The van der Waals surface area contributed by atoms with Gasteiger partial charge < -0.3 is 10.6 Å². The second-order valence-electron chi connectivity index (χ2n) is 5.90. The Hall–Kier alpha value is -3.69. The van der Waals surface area contributed by atoms with Gasteiger partial charge in [0.2, 0.25) is 5.91 Å². The van der Waals surface area contributed by atoms with Crippen LogP contribution in [0, 0.1) is 10.1 Å². The molecule has 0 heterocycles. The average Bonchev–Trinajstić information content (AvgIpc) is 2.67. The lowest BCUT2D eigenvalue weighted by Crippen LogP contribution is -2.39. The Labute approximate surface area is 163 Å². The molecule has 2 N–H and O–H groups in total. The van der Waals surface area contributed by atoms with Crippen molar-refractivity contribution in [3.05, 3.63) is 82.6 Å². The van der Waals surface area contributed by atoms with Crippen LogP contribution in [-0.4, -0.2) is 28.8 Å². The van der Waals surface area contributed by atoms with Crippen LogP contribution in [0.2, 0.25) is 0 Å². The Morgan fingerprint density at radius 1 is 1.07 bits per heavy atom. The van der Waals surface area contributed by atoms with E-state index in [0.717, 1.165) is 11.8 Å². The Morgan fingerprint density at radius 3 is 2.24 bits per heavy atom. The van der Waals surface area contributed by atoms with Gasteiger partial charge in [0.05, 0.1) is 4.92 Å². The van der Waals surface area contributed by atoms with E-state index < -0.39 is 28.8 Å². The lowest BCUT2D eigenvalue weighted by molar-refractivity contribution is -0.384. The highest BCUT2D eigenvalue weighted by Crippen LogP contribution is 2.17. The average molecular weight is 407 g/mol. The molecule has 10 heteroatoms. The van der Waals surface area contributed by atoms with Gasteiger partial charge in [-0.1, -0.05) is 30.3 Å². The first-order valence-electron chi connectivity index (χ1n) is 8.30. The number of halogens is 3. The maximum Gasteiger partial charge on any atom is 0.454 e. The highest BCUT2D eigenvalue weighted by Gasteiger charge is 2.36. The number of nitrogens with one attached hydrogen (secondary N) is 2. The number of allylic oxidation sites excluding steroid dienone is 1. The monoisotopic (exact) mass is 407 g/mol. The van der Waals surface area contributed by atoms with Gasteiger partial charge in [-0.05, 0) is 17.7 Å². The fourth-order valence-corrected chi connectivity index (χ4v) is 2.31. The summed E-state index contributed by atoms with van der Waals surface area (Å²) in [4.78, 5) is 33.6. The normalized spacial score (nSPS) is 12.4. The number of carbonyl (C=O) groups excluding carboxylic acids is 2. The summed E-state index contributed by atoms with van der Waals surface area (Å²) in [5.74, 6) is -2.65. The second kappa shape index (κ2) is 9.49. The Balaban J connectivity index is 2.12. The van der Waals surface area contributed by atoms with Crippen molar-refractivity contribution in [1.29, 1.82) is 0 Å². The van der Waals surface area contributed by atoms with Gasteiger partial charge in [0.15, 0.2) is 0 Å². The number of anilines is 1. The minimum atomic E-state index is -5.01. The SMILES string of the molecule is O=C(Nc1ccc([N+](=O)[O-])cc1)C(Cc1ccccc1)N/C=C/C(=O)C(F)(F)F. The van der Waals surface area contributed by atoms with Gasteiger partial charge >= 0.3 is 6.18 Å². The van der Waals surface area contributed by atoms with Crippen molar-refractivity contribution in [3.63, 3.8) is 0 Å². The lowest BCUT2D eigenvalue weighted by atomic mass is 10.1. The maximum absolute atomic E-state index is 12.6. The van der Waals surface area contributed by atoms with E-state index >= 15 is 0 Å². The number of hydrogen-bond donors (Lipinski definition) is 2. The van der Waals surface area contributed by atoms with Crippen LogP contribution in [0.15, 0.2) is 66.9 Å². The first-order chi connectivity index (χ1) is 13.7. The van der Waals surface area contributed by atoms with Gasteiger partial charge in [-0.15, -0.1) is 0 Å². The van der Waals surface area contributed by atoms with Gasteiger partial charge in [0.25, 0.3) is 11.5 Å². The quantitative estimate of drug-likeness (QED) is 0.397. The molecule has 0 saturated heterocycles. The summed E-state index contributed by atoms with van der Waals surface area (Å²) in [6, 6.07) is 12.8. The van der Waals surface area contributed by atoms with Gasteiger partial charge in [-0.25, -0.2) is 0 Å². The summed E-state index contributed by atoms with van der Waals surface area (Å²) in [6.07, 6.45) is -3.80. The number of hydrogen-bond acceptors (Lipinski definition) is 5. The zero-order chi connectivity index (χ0) is 21.4. The van der Waals surface area contributed by atoms with E-state index in [-0.39, 0.29) is 17.8 Å². The molecule has 0 aliphatic rings. The third kappa shape index (κ3) is 6.76. The lowest BCUT2D eigenvalue weighted by Gasteiger charge is -2.17. The first kappa shape index (κ1) is 21.6. The molecule has 0 bridgehead atoms. The van der Waals surface area contributed by atoms with E-state index in [1.807, 2.05) is 0 Å². The molecule has 0 saturated carbocycles. The predicted molar refractivity (Wildman–Crippen MR) is 99.0 cm³/mol. The first-order valence-corrected chi connectivity index (χ1v) is 8.30. The molecule has 0 spiro atoms. The van der Waals surface area contributed by atoms with Crippen molar-refractivity contribution in [2.45, 2.75) is 18.6 Å². The number of amides is 1. The van der Waals surface area contributed by atoms with Crippen LogP contribution >= 0.6 is 0 Å². The van der Waals surface area contributed by atoms with Crippen LogP contribution in [0.1, 0.15) is 5.56 Å². The smallest absolute Gasteiger partial charge is 0.379 e. The predicted octanol–water partition coefficient (Wildman–Crippen LogP) is 3.38. The van der Waals surface area contributed by atoms with E-state index in [1.54, 1.807) is 30.3 Å². The Kier molecular flexibility index (Phi) is 7.07. The topological polar surface area (TPSA) is 101 Å². The van der Waals surface area contributed by atoms with E-state index in [9.17, 15) is 32.9 Å². The number of carbonyl (C=O) groups is 2. The van der Waals surface area contributed by atoms with Gasteiger partial charge in [0.1, 0.15) is 6.04 Å². The molecular formula is C19H16F3N3O4. The van der Waals surface area contributed by atoms with Gasteiger partial charge in [-0.2, -0.15) is 13.2 Å². The maximum atomic E-state index is 12.6. The Morgan fingerprint density at radius 2 is 1.69 bits per heavy atom. The number of nitrogens with zero attached hydrogens (tertiary/aromatic N) is 1. The van der Waals surface area contributed by atoms with Crippen molar-refractivity contribution in [2.24, 2.45) is 0 Å². The summed E-state index contributed by atoms with van der Waals surface area (Å²) in [6.45, 7) is 0. The number of ketones is 1. The van der Waals surface area contributed by atoms with Crippen LogP contribution in [0.3, 0.4) is 0 Å². The summed E-state index contributed by atoms with van der Waals surface area (Å²) < 4.78 is 36.9. The molecule has 29 heavy (non-hydrogen) atoms. The minimum Gasteiger partial charge on any atom is -0.379 e. The van der Waals surface area contributed by atoms with Crippen LogP contribution in [-0.2, 0) is 16.0 Å². The van der Waals surface area contributed by atoms with Crippen molar-refractivity contribution in [3.8, 4) is 0 Å². The summed E-state index contributed by atoms with van der Waals surface area (Å²) in [7, 11) is 0. The molecule has 2 aromatic carbocycles. The third-order valence-electron chi connectivity index (χ3n) is 3.76. The number of benzene rings is 2. The molecule has 0 aliphatic heterocycles. The number of nitro benzene ring substituents is 1. The number of non-ortho nitro benzene ring substituents is 1. The second-order valence-corrected chi connectivity index (χ2v) is 5.90. The fourth-order valence-electron chi connectivity index (χ4n) is 2.31. The largest absolute Gasteiger partial charge is 0.454 e. The summed E-state index contributed by atoms with van der Waals surface area (Å²) >= 11 is 0. The number of nitro groups is 1. The molecular weight excluding hydrogens is 391 g/mol. The highest BCUT2D eigenvalue weighted by atomic mass is 19.4. The van der Waals surface area contributed by atoms with Crippen LogP contribution in [0.5, 0.6) is 0 Å². The fraction of sp³-hybridized carbons (Fsp3) is 0.158. The molecule has 7 nitrogen and oxygen atoms in total. The minimum absolute atomic E-state index is 0.129. The molecule has 0 aromatic heterocycles. The molecule has 1 atom stereocenters. The zero-order valence-electron chi connectivity index (χ0n) is 14.8. The van der Waals surface area contributed by atoms with Gasteiger partial charge in [0, 0.05) is 36.5 Å². The molecule has 0 aliphatic carbocycles. The molecule has 1 amide bonds. The molecule has 152 valence electrons. The van der Waals surface area contributed by atoms with E-state index in [2.05, 4.69) is 10.6 Å². The third-order valence-corrected chi connectivity index (χ3v) is 3.76. The number of rotatable bonds is 8. The van der Waals surface area contributed by atoms with Crippen molar-refractivity contribution in [1.82, 2.24) is 5.32 Å². The molecule has 0 fully saturated rings. The highest BCUT2D eigenvalue weighted by molar-refractivity contribution is 5.96. The number of alkyl halides is 3. The van der Waals surface area contributed by atoms with Crippen molar-refractivity contribution in [2.75, 3.05) is 5.32 Å². The van der Waals surface area contributed by atoms with Crippen molar-refractivity contribution >= 4 is 23.1 Å². The van der Waals surface area contributed by atoms with Crippen LogP contribution < -0.4 is 10.6 Å².